The first kappa shape index (κ1) is 25.7. The predicted molar refractivity (Wildman–Crippen MR) is 101 cm³/mol. The number of carboxylic acid groups (broad SMARTS) is 1. The van der Waals surface area contributed by atoms with E-state index in [1.807, 2.05) is 0 Å². The zero-order valence-corrected chi connectivity index (χ0v) is 17.9. The summed E-state index contributed by atoms with van der Waals surface area (Å²) in [5.41, 5.74) is 7.39. The number of hydrogen-bond donors (Lipinski definition) is 1. The molecule has 1 aromatic carbocycles. The van der Waals surface area contributed by atoms with Crippen molar-refractivity contribution in [1.82, 2.24) is 0 Å². The Hall–Kier alpha value is -1.33. The number of allylic oxidation sites excluding steroid dienone is 4. The van der Waals surface area contributed by atoms with Crippen LogP contribution in [0.4, 0.5) is 0 Å². The Kier molecular flexibility index (Phi) is 14.0. The average molecular weight is 405 g/mol. The van der Waals surface area contributed by atoms with Crippen LogP contribution in [0.15, 0.2) is 52.6 Å². The van der Waals surface area contributed by atoms with Gasteiger partial charge in [-0.15, -0.1) is 12.0 Å². The Morgan fingerprint density at radius 2 is 1.52 bits per heavy atom. The van der Waals surface area contributed by atoms with Crippen molar-refractivity contribution < 1.29 is 41.8 Å². The van der Waals surface area contributed by atoms with Gasteiger partial charge in [0.25, 0.3) is 0 Å². The number of carboxylic acids is 1. The van der Waals surface area contributed by atoms with Crippen molar-refractivity contribution in [2.45, 2.75) is 51.4 Å². The normalized spacial score (nSPS) is 16.4. The van der Waals surface area contributed by atoms with Crippen molar-refractivity contribution >= 4 is 5.97 Å². The van der Waals surface area contributed by atoms with Gasteiger partial charge in [0.15, 0.2) is 0 Å². The Balaban J connectivity index is 0.000000429. The summed E-state index contributed by atoms with van der Waals surface area (Å²) < 4.78 is 0. The predicted octanol–water partition coefficient (Wildman–Crippen LogP) is 3.28. The number of rotatable bonds is 1. The van der Waals surface area contributed by atoms with Crippen LogP contribution in [0, 0.1) is 6.42 Å². The average Bonchev–Trinajstić information content (AvgIpc) is 3.11. The van der Waals surface area contributed by atoms with Crippen LogP contribution >= 0.6 is 0 Å². The van der Waals surface area contributed by atoms with Crippen molar-refractivity contribution in [3.8, 4) is 0 Å². The molecule has 3 aliphatic carbocycles. The van der Waals surface area contributed by atoms with E-state index in [0.29, 0.717) is 5.56 Å². The molecule has 145 valence electrons. The molecule has 27 heavy (non-hydrogen) atoms. The van der Waals surface area contributed by atoms with Gasteiger partial charge >= 0.3 is 27.7 Å². The molecule has 0 heterocycles. The fraction of sp³-hybridized carbons (Fsp3) is 0.455. The van der Waals surface area contributed by atoms with Gasteiger partial charge in [0.05, 0.1) is 5.56 Å². The smallest absolute Gasteiger partial charge is 0.857 e. The van der Waals surface area contributed by atoms with E-state index >= 15 is 0 Å². The van der Waals surface area contributed by atoms with Crippen molar-refractivity contribution in [3.63, 3.8) is 0 Å². The standard InChI is InChI=1S/C13H17.C7H6O2.2CH3O.Ti/c1-3-7-12-10(5-1)9-11-6-2-4-8-13(11)12;8-7(9)6-4-2-1-3-5-6;2*1-2;/h5H,1-4,6-9H2;1-5H,(H,8,9);2*1H3;/q-1;;2*-1;+3. The van der Waals surface area contributed by atoms with Gasteiger partial charge in [-0.3, -0.25) is 0 Å². The van der Waals surface area contributed by atoms with E-state index in [1.165, 1.54) is 51.4 Å². The maximum atomic E-state index is 10.2. The van der Waals surface area contributed by atoms with Crippen LogP contribution in [0.1, 0.15) is 61.7 Å². The minimum atomic E-state index is -0.879. The van der Waals surface area contributed by atoms with Gasteiger partial charge in [-0.1, -0.05) is 43.0 Å². The largest absolute Gasteiger partial charge is 3.00 e. The summed E-state index contributed by atoms with van der Waals surface area (Å²) in [5, 5.41) is 24.9. The van der Waals surface area contributed by atoms with E-state index in [0.717, 1.165) is 14.2 Å². The molecule has 0 bridgehead atoms. The van der Waals surface area contributed by atoms with Gasteiger partial charge in [-0.25, -0.2) is 16.8 Å². The molecule has 0 amide bonds. The van der Waals surface area contributed by atoms with Gasteiger partial charge in [0, 0.05) is 0 Å². The van der Waals surface area contributed by atoms with E-state index in [2.05, 4.69) is 6.42 Å². The van der Waals surface area contributed by atoms with Crippen LogP contribution in [-0.4, -0.2) is 25.3 Å². The number of aromatic carboxylic acids is 1. The van der Waals surface area contributed by atoms with Crippen LogP contribution in [0.2, 0.25) is 0 Å². The molecule has 1 radical (unpaired) electrons. The minimum absolute atomic E-state index is 0. The molecule has 0 unspecified atom stereocenters. The fourth-order valence-corrected chi connectivity index (χ4v) is 3.70. The van der Waals surface area contributed by atoms with E-state index in [4.69, 9.17) is 15.3 Å². The van der Waals surface area contributed by atoms with E-state index < -0.39 is 5.97 Å². The maximum Gasteiger partial charge on any atom is 3.00 e. The third-order valence-corrected chi connectivity index (χ3v) is 4.78. The van der Waals surface area contributed by atoms with E-state index in [9.17, 15) is 4.79 Å². The molecule has 0 saturated heterocycles. The second-order valence-electron chi connectivity index (χ2n) is 6.24. The summed E-state index contributed by atoms with van der Waals surface area (Å²) in [6.45, 7) is 0. The number of carbonyl (C=O) groups is 1. The molecule has 0 fully saturated rings. The second-order valence-corrected chi connectivity index (χ2v) is 6.24. The monoisotopic (exact) mass is 405 g/mol. The number of fused-ring (bicyclic) bond motifs is 1. The Morgan fingerprint density at radius 3 is 2.11 bits per heavy atom. The summed E-state index contributed by atoms with van der Waals surface area (Å²) >= 11 is 0. The third kappa shape index (κ3) is 7.67. The molecule has 3 aliphatic rings. The third-order valence-electron chi connectivity index (χ3n) is 4.78. The van der Waals surface area contributed by atoms with Crippen molar-refractivity contribution in [1.29, 1.82) is 0 Å². The fourth-order valence-electron chi connectivity index (χ4n) is 3.70. The molecular formula is C22H29O4Ti. The molecule has 5 heteroatoms. The number of hydrogen-bond acceptors (Lipinski definition) is 3. The first-order valence-corrected chi connectivity index (χ1v) is 9.12. The van der Waals surface area contributed by atoms with Crippen LogP contribution < -0.4 is 10.2 Å². The van der Waals surface area contributed by atoms with Crippen molar-refractivity contribution in [3.05, 3.63) is 64.6 Å². The van der Waals surface area contributed by atoms with Gasteiger partial charge in [-0.2, -0.15) is 19.8 Å². The van der Waals surface area contributed by atoms with Crippen molar-refractivity contribution in [2.24, 2.45) is 0 Å². The molecule has 1 aromatic rings. The number of benzene rings is 1. The molecule has 0 aliphatic heterocycles. The summed E-state index contributed by atoms with van der Waals surface area (Å²) in [7, 11) is 1.50. The van der Waals surface area contributed by atoms with Crippen LogP contribution in [0.3, 0.4) is 0 Å². The quantitative estimate of drug-likeness (QED) is 0.574. The van der Waals surface area contributed by atoms with Gasteiger partial charge < -0.3 is 15.3 Å². The summed E-state index contributed by atoms with van der Waals surface area (Å²) in [5.74, 6) is -0.879. The summed E-state index contributed by atoms with van der Waals surface area (Å²) in [4.78, 5) is 10.2. The Bertz CT molecular complexity index is 590. The maximum absolute atomic E-state index is 10.2. The SMILES string of the molecule is C[O-].C[O-].O=C(O)c1ccccc1.[CH-]1CCCC2=C1CC1=C2CCCC1.[Ti+3]. The molecule has 4 rings (SSSR count). The zero-order valence-electron chi connectivity index (χ0n) is 16.3. The van der Waals surface area contributed by atoms with E-state index in [-0.39, 0.29) is 21.7 Å². The molecule has 4 nitrogen and oxygen atoms in total. The topological polar surface area (TPSA) is 83.4 Å². The second kappa shape index (κ2) is 14.7. The van der Waals surface area contributed by atoms with Crippen LogP contribution in [0.25, 0.3) is 0 Å². The first-order chi connectivity index (χ1) is 12.8. The van der Waals surface area contributed by atoms with Gasteiger partial charge in [0.1, 0.15) is 0 Å². The van der Waals surface area contributed by atoms with E-state index in [1.54, 1.807) is 52.6 Å². The molecule has 0 aromatic heterocycles. The minimum Gasteiger partial charge on any atom is -0.857 e. The molecular weight excluding hydrogens is 376 g/mol. The molecule has 0 spiro atoms. The van der Waals surface area contributed by atoms with Gasteiger partial charge in [0.2, 0.25) is 0 Å². The molecule has 0 atom stereocenters. The summed E-state index contributed by atoms with van der Waals surface area (Å²) in [6, 6.07) is 8.30. The Labute approximate surface area is 177 Å². The summed E-state index contributed by atoms with van der Waals surface area (Å²) in [6.07, 6.45) is 13.6. The Morgan fingerprint density at radius 1 is 0.926 bits per heavy atom. The molecule has 1 N–H and O–H groups in total. The molecule has 0 saturated carbocycles. The zero-order chi connectivity index (χ0) is 19.4. The first-order valence-electron chi connectivity index (χ1n) is 9.12. The van der Waals surface area contributed by atoms with Crippen LogP contribution in [0.5, 0.6) is 0 Å². The van der Waals surface area contributed by atoms with Gasteiger partial charge in [-0.05, 0) is 37.8 Å². The van der Waals surface area contributed by atoms with Crippen LogP contribution in [-0.2, 0) is 21.7 Å². The van der Waals surface area contributed by atoms with Crippen molar-refractivity contribution in [2.75, 3.05) is 14.2 Å².